The summed E-state index contributed by atoms with van der Waals surface area (Å²) in [5.74, 6) is -1.58. The SMILES string of the molecule is O=C(Cn1c(C(F)(F)F)nc2ccccc21)Nc1ccc2c(c1)CCC2. The van der Waals surface area contributed by atoms with Crippen LogP contribution in [0.4, 0.5) is 18.9 Å². The van der Waals surface area contributed by atoms with E-state index in [1.807, 2.05) is 12.1 Å². The largest absolute Gasteiger partial charge is 0.449 e. The number of hydrogen-bond acceptors (Lipinski definition) is 2. The first-order valence-corrected chi connectivity index (χ1v) is 8.36. The van der Waals surface area contributed by atoms with Crippen LogP contribution in [-0.2, 0) is 30.4 Å². The quantitative estimate of drug-likeness (QED) is 0.763. The van der Waals surface area contributed by atoms with Gasteiger partial charge in [0.25, 0.3) is 0 Å². The molecule has 0 bridgehead atoms. The summed E-state index contributed by atoms with van der Waals surface area (Å²) < 4.78 is 40.8. The van der Waals surface area contributed by atoms with Gasteiger partial charge in [-0.3, -0.25) is 4.79 Å². The summed E-state index contributed by atoms with van der Waals surface area (Å²) in [6.07, 6.45) is -1.56. The number of nitrogens with zero attached hydrogens (tertiary/aromatic N) is 2. The van der Waals surface area contributed by atoms with Crippen LogP contribution in [0.3, 0.4) is 0 Å². The van der Waals surface area contributed by atoms with Crippen molar-refractivity contribution in [3.8, 4) is 0 Å². The van der Waals surface area contributed by atoms with Crippen molar-refractivity contribution in [1.29, 1.82) is 0 Å². The zero-order valence-electron chi connectivity index (χ0n) is 13.8. The Hall–Kier alpha value is -2.83. The number of para-hydroxylation sites is 2. The number of amides is 1. The van der Waals surface area contributed by atoms with Gasteiger partial charge < -0.3 is 9.88 Å². The summed E-state index contributed by atoms with van der Waals surface area (Å²) in [6, 6.07) is 11.9. The van der Waals surface area contributed by atoms with Crippen LogP contribution in [0.1, 0.15) is 23.4 Å². The van der Waals surface area contributed by atoms with Crippen molar-refractivity contribution in [2.45, 2.75) is 32.0 Å². The van der Waals surface area contributed by atoms with Crippen molar-refractivity contribution in [2.75, 3.05) is 5.32 Å². The van der Waals surface area contributed by atoms with Gasteiger partial charge in [0.1, 0.15) is 6.54 Å². The second kappa shape index (κ2) is 6.16. The molecule has 134 valence electrons. The third kappa shape index (κ3) is 3.05. The molecule has 4 rings (SSSR count). The van der Waals surface area contributed by atoms with Gasteiger partial charge in [0.05, 0.1) is 11.0 Å². The number of anilines is 1. The van der Waals surface area contributed by atoms with Crippen molar-refractivity contribution in [2.24, 2.45) is 0 Å². The third-order valence-electron chi connectivity index (χ3n) is 4.59. The molecule has 0 aliphatic heterocycles. The monoisotopic (exact) mass is 359 g/mol. The highest BCUT2D eigenvalue weighted by Crippen LogP contribution is 2.31. The summed E-state index contributed by atoms with van der Waals surface area (Å²) in [4.78, 5) is 16.0. The van der Waals surface area contributed by atoms with Crippen molar-refractivity contribution in [3.63, 3.8) is 0 Å². The molecule has 0 unspecified atom stereocenters. The normalized spacial score (nSPS) is 13.8. The van der Waals surface area contributed by atoms with Crippen LogP contribution in [0.25, 0.3) is 11.0 Å². The highest BCUT2D eigenvalue weighted by Gasteiger charge is 2.38. The van der Waals surface area contributed by atoms with Gasteiger partial charge in [-0.25, -0.2) is 4.98 Å². The van der Waals surface area contributed by atoms with Crippen molar-refractivity contribution < 1.29 is 18.0 Å². The summed E-state index contributed by atoms with van der Waals surface area (Å²) in [7, 11) is 0. The lowest BCUT2D eigenvalue weighted by atomic mass is 10.1. The fraction of sp³-hybridized carbons (Fsp3) is 0.263. The van der Waals surface area contributed by atoms with Gasteiger partial charge in [-0.2, -0.15) is 13.2 Å². The Morgan fingerprint density at radius 2 is 1.88 bits per heavy atom. The zero-order chi connectivity index (χ0) is 18.3. The fourth-order valence-corrected chi connectivity index (χ4v) is 3.45. The maximum atomic E-state index is 13.3. The Morgan fingerprint density at radius 3 is 2.69 bits per heavy atom. The topological polar surface area (TPSA) is 46.9 Å². The minimum absolute atomic E-state index is 0.213. The average Bonchev–Trinajstić information content (AvgIpc) is 3.19. The molecular formula is C19H16F3N3O. The highest BCUT2D eigenvalue weighted by molar-refractivity contribution is 5.92. The average molecular weight is 359 g/mol. The van der Waals surface area contributed by atoms with E-state index in [1.54, 1.807) is 18.2 Å². The predicted molar refractivity (Wildman–Crippen MR) is 91.8 cm³/mol. The summed E-state index contributed by atoms with van der Waals surface area (Å²) in [5.41, 5.74) is 3.55. The van der Waals surface area contributed by atoms with Gasteiger partial charge in [0.15, 0.2) is 0 Å². The number of nitrogens with one attached hydrogen (secondary N) is 1. The van der Waals surface area contributed by atoms with Crippen LogP contribution in [0.2, 0.25) is 0 Å². The Kier molecular flexibility index (Phi) is 3.94. The van der Waals surface area contributed by atoms with Gasteiger partial charge in [0.2, 0.25) is 11.7 Å². The summed E-state index contributed by atoms with van der Waals surface area (Å²) >= 11 is 0. The van der Waals surface area contributed by atoms with E-state index in [-0.39, 0.29) is 11.0 Å². The molecule has 0 radical (unpaired) electrons. The Morgan fingerprint density at radius 1 is 1.12 bits per heavy atom. The highest BCUT2D eigenvalue weighted by atomic mass is 19.4. The molecule has 0 atom stereocenters. The van der Waals surface area contributed by atoms with Crippen LogP contribution in [0.5, 0.6) is 0 Å². The number of imidazole rings is 1. The minimum atomic E-state index is -4.63. The zero-order valence-corrected chi connectivity index (χ0v) is 13.8. The molecule has 3 aromatic rings. The lowest BCUT2D eigenvalue weighted by Crippen LogP contribution is -2.23. The van der Waals surface area contributed by atoms with Gasteiger partial charge in [0, 0.05) is 5.69 Å². The number of alkyl halides is 3. The lowest BCUT2D eigenvalue weighted by molar-refractivity contribution is -0.147. The number of aromatic nitrogens is 2. The lowest BCUT2D eigenvalue weighted by Gasteiger charge is -2.12. The molecule has 4 nitrogen and oxygen atoms in total. The molecule has 0 spiro atoms. The van der Waals surface area contributed by atoms with Crippen molar-refractivity contribution in [3.05, 3.63) is 59.4 Å². The van der Waals surface area contributed by atoms with E-state index in [0.717, 1.165) is 23.8 Å². The smallest absolute Gasteiger partial charge is 0.325 e. The third-order valence-corrected chi connectivity index (χ3v) is 4.59. The van der Waals surface area contributed by atoms with E-state index in [2.05, 4.69) is 10.3 Å². The first kappa shape index (κ1) is 16.6. The van der Waals surface area contributed by atoms with E-state index >= 15 is 0 Å². The number of carbonyl (C=O) groups is 1. The standard InChI is InChI=1S/C19H16F3N3O/c20-19(21,22)18-24-15-6-1-2-7-16(15)25(18)11-17(26)23-14-9-8-12-4-3-5-13(12)10-14/h1-2,6-10H,3-5,11H2,(H,23,26). The van der Waals surface area contributed by atoms with E-state index in [4.69, 9.17) is 0 Å². The number of hydrogen-bond donors (Lipinski definition) is 1. The summed E-state index contributed by atoms with van der Waals surface area (Å²) in [6.45, 7) is -0.452. The van der Waals surface area contributed by atoms with Gasteiger partial charge in [-0.15, -0.1) is 0 Å². The van der Waals surface area contributed by atoms with E-state index in [1.165, 1.54) is 23.3 Å². The van der Waals surface area contributed by atoms with E-state index in [0.29, 0.717) is 5.69 Å². The van der Waals surface area contributed by atoms with Crippen molar-refractivity contribution >= 4 is 22.6 Å². The molecule has 26 heavy (non-hydrogen) atoms. The van der Waals surface area contributed by atoms with Crippen LogP contribution in [-0.4, -0.2) is 15.5 Å². The minimum Gasteiger partial charge on any atom is -0.325 e. The van der Waals surface area contributed by atoms with Gasteiger partial charge in [-0.1, -0.05) is 18.2 Å². The van der Waals surface area contributed by atoms with Crippen LogP contribution >= 0.6 is 0 Å². The summed E-state index contributed by atoms with van der Waals surface area (Å²) in [5, 5.41) is 2.70. The maximum Gasteiger partial charge on any atom is 0.449 e. The molecule has 0 saturated carbocycles. The second-order valence-electron chi connectivity index (χ2n) is 6.39. The molecule has 1 aliphatic rings. The number of rotatable bonds is 3. The molecule has 0 fully saturated rings. The van der Waals surface area contributed by atoms with Crippen LogP contribution < -0.4 is 5.32 Å². The predicted octanol–water partition coefficient (Wildman–Crippen LogP) is 4.18. The molecule has 1 aromatic heterocycles. The van der Waals surface area contributed by atoms with E-state index in [9.17, 15) is 18.0 Å². The molecule has 1 aliphatic carbocycles. The number of aryl methyl sites for hydroxylation is 2. The van der Waals surface area contributed by atoms with Crippen molar-refractivity contribution in [1.82, 2.24) is 9.55 Å². The van der Waals surface area contributed by atoms with E-state index < -0.39 is 24.5 Å². The maximum absolute atomic E-state index is 13.3. The Balaban J connectivity index is 1.61. The molecule has 1 amide bonds. The van der Waals surface area contributed by atoms with Gasteiger partial charge in [-0.05, 0) is 54.7 Å². The Bertz CT molecular complexity index is 991. The molecule has 0 saturated heterocycles. The Labute approximate surface area is 147 Å². The van der Waals surface area contributed by atoms with Gasteiger partial charge >= 0.3 is 6.18 Å². The molecular weight excluding hydrogens is 343 g/mol. The number of halogens is 3. The number of fused-ring (bicyclic) bond motifs is 2. The number of benzene rings is 2. The van der Waals surface area contributed by atoms with Crippen LogP contribution in [0, 0.1) is 0 Å². The second-order valence-corrected chi connectivity index (χ2v) is 6.39. The number of carbonyl (C=O) groups excluding carboxylic acids is 1. The molecule has 2 aromatic carbocycles. The molecule has 7 heteroatoms. The first-order valence-electron chi connectivity index (χ1n) is 8.36. The molecule has 1 N–H and O–H groups in total. The molecule has 1 heterocycles. The first-order chi connectivity index (χ1) is 12.4. The van der Waals surface area contributed by atoms with Crippen LogP contribution in [0.15, 0.2) is 42.5 Å². The fourth-order valence-electron chi connectivity index (χ4n) is 3.45.